The Hall–Kier alpha value is -2.77. The molecule has 2 heterocycles. The first kappa shape index (κ1) is 21.5. The van der Waals surface area contributed by atoms with Crippen LogP contribution in [0.25, 0.3) is 0 Å². The summed E-state index contributed by atoms with van der Waals surface area (Å²) in [6.07, 6.45) is 0. The van der Waals surface area contributed by atoms with Crippen molar-refractivity contribution in [1.29, 1.82) is 0 Å². The number of carbonyl (C=O) groups is 1. The average molecular weight is 425 g/mol. The maximum absolute atomic E-state index is 12.8. The number of piperazine rings is 1. The summed E-state index contributed by atoms with van der Waals surface area (Å²) in [6, 6.07) is 16.1. The van der Waals surface area contributed by atoms with E-state index in [4.69, 9.17) is 9.47 Å². The van der Waals surface area contributed by atoms with E-state index < -0.39 is 0 Å². The van der Waals surface area contributed by atoms with E-state index >= 15 is 0 Å². The molecule has 1 amide bonds. The molecule has 1 atom stereocenters. The van der Waals surface area contributed by atoms with Crippen LogP contribution in [0.2, 0.25) is 0 Å². The molecule has 0 bridgehead atoms. The number of nitrogens with zero attached hydrogens (tertiary/aromatic N) is 3. The molecule has 7 heteroatoms. The summed E-state index contributed by atoms with van der Waals surface area (Å²) >= 11 is 0. The Morgan fingerprint density at radius 2 is 1.61 bits per heavy atom. The Kier molecular flexibility index (Phi) is 6.94. The quantitative estimate of drug-likeness (QED) is 0.770. The maximum Gasteiger partial charge on any atom is 0.241 e. The fraction of sp³-hybridized carbons (Fsp3) is 0.458. The minimum absolute atomic E-state index is 0.0361. The summed E-state index contributed by atoms with van der Waals surface area (Å²) < 4.78 is 10.7. The van der Waals surface area contributed by atoms with E-state index in [2.05, 4.69) is 44.3 Å². The molecule has 2 saturated heterocycles. The number of methoxy groups -OCH3 is 1. The molecule has 0 saturated carbocycles. The lowest BCUT2D eigenvalue weighted by Gasteiger charge is -2.38. The Morgan fingerprint density at radius 1 is 0.935 bits per heavy atom. The third-order valence-electron chi connectivity index (χ3n) is 6.17. The van der Waals surface area contributed by atoms with Gasteiger partial charge in [-0.1, -0.05) is 6.07 Å². The van der Waals surface area contributed by atoms with E-state index in [1.54, 1.807) is 7.11 Å². The molecule has 2 aromatic rings. The molecular weight excluding hydrogens is 392 g/mol. The number of hydrogen-bond acceptors (Lipinski definition) is 6. The van der Waals surface area contributed by atoms with Crippen molar-refractivity contribution in [3.05, 3.63) is 48.5 Å². The highest BCUT2D eigenvalue weighted by Gasteiger charge is 2.26. The Morgan fingerprint density at radius 3 is 2.29 bits per heavy atom. The standard InChI is InChI=1S/C24H32N4O3/c1-19(26-10-12-27(13-11-26)22-4-3-5-23(18-22)30-2)24(29)25-20-6-8-21(9-7-20)28-14-16-31-17-15-28/h3-9,18-19H,10-17H2,1-2H3,(H,25,29). The number of morpholine rings is 1. The number of rotatable bonds is 6. The lowest BCUT2D eigenvalue weighted by atomic mass is 10.2. The van der Waals surface area contributed by atoms with Gasteiger partial charge in [-0.05, 0) is 43.3 Å². The number of nitrogens with one attached hydrogen (secondary N) is 1. The molecule has 2 aliphatic rings. The van der Waals surface area contributed by atoms with E-state index in [9.17, 15) is 4.79 Å². The third-order valence-corrected chi connectivity index (χ3v) is 6.17. The van der Waals surface area contributed by atoms with Crippen LogP contribution in [0.3, 0.4) is 0 Å². The molecule has 1 unspecified atom stereocenters. The van der Waals surface area contributed by atoms with E-state index in [0.717, 1.165) is 69.6 Å². The van der Waals surface area contributed by atoms with Gasteiger partial charge in [0.25, 0.3) is 0 Å². The van der Waals surface area contributed by atoms with Crippen LogP contribution in [0.4, 0.5) is 17.1 Å². The van der Waals surface area contributed by atoms with Crippen molar-refractivity contribution in [1.82, 2.24) is 4.90 Å². The molecule has 0 spiro atoms. The normalized spacial score (nSPS) is 18.5. The molecule has 0 aromatic heterocycles. The number of amides is 1. The average Bonchev–Trinajstić information content (AvgIpc) is 2.84. The topological polar surface area (TPSA) is 57.3 Å². The Balaban J connectivity index is 1.28. The number of ether oxygens (including phenoxy) is 2. The number of hydrogen-bond donors (Lipinski definition) is 1. The summed E-state index contributed by atoms with van der Waals surface area (Å²) in [7, 11) is 1.69. The van der Waals surface area contributed by atoms with Crippen molar-refractivity contribution in [3.8, 4) is 5.75 Å². The van der Waals surface area contributed by atoms with E-state index in [0.29, 0.717) is 0 Å². The number of benzene rings is 2. The maximum atomic E-state index is 12.8. The third kappa shape index (κ3) is 5.29. The molecule has 0 radical (unpaired) electrons. The van der Waals surface area contributed by atoms with Gasteiger partial charge in [0.2, 0.25) is 5.91 Å². The van der Waals surface area contributed by atoms with Crippen LogP contribution < -0.4 is 19.9 Å². The van der Waals surface area contributed by atoms with Gasteiger partial charge in [0.15, 0.2) is 0 Å². The van der Waals surface area contributed by atoms with Gasteiger partial charge in [0.05, 0.1) is 26.4 Å². The van der Waals surface area contributed by atoms with Crippen molar-refractivity contribution < 1.29 is 14.3 Å². The zero-order valence-corrected chi connectivity index (χ0v) is 18.4. The number of carbonyl (C=O) groups excluding carboxylic acids is 1. The Labute approximate surface area is 184 Å². The summed E-state index contributed by atoms with van der Waals surface area (Å²) in [5.74, 6) is 0.904. The van der Waals surface area contributed by atoms with Gasteiger partial charge in [-0.2, -0.15) is 0 Å². The second-order valence-electron chi connectivity index (χ2n) is 8.04. The highest BCUT2D eigenvalue weighted by molar-refractivity contribution is 5.94. The van der Waals surface area contributed by atoms with Crippen LogP contribution in [-0.2, 0) is 9.53 Å². The van der Waals surface area contributed by atoms with E-state index in [1.165, 1.54) is 5.69 Å². The monoisotopic (exact) mass is 424 g/mol. The zero-order valence-electron chi connectivity index (χ0n) is 18.4. The van der Waals surface area contributed by atoms with E-state index in [-0.39, 0.29) is 11.9 Å². The van der Waals surface area contributed by atoms with Gasteiger partial charge in [0, 0.05) is 62.4 Å². The zero-order chi connectivity index (χ0) is 21.6. The fourth-order valence-electron chi connectivity index (χ4n) is 4.16. The molecule has 1 N–H and O–H groups in total. The first-order valence-electron chi connectivity index (χ1n) is 11.0. The van der Waals surface area contributed by atoms with E-state index in [1.807, 2.05) is 31.2 Å². The first-order chi connectivity index (χ1) is 15.1. The van der Waals surface area contributed by atoms with Crippen molar-refractivity contribution in [2.45, 2.75) is 13.0 Å². The molecule has 31 heavy (non-hydrogen) atoms. The molecule has 7 nitrogen and oxygen atoms in total. The summed E-state index contributed by atoms with van der Waals surface area (Å²) in [6.45, 7) is 8.80. The smallest absolute Gasteiger partial charge is 0.241 e. The predicted octanol–water partition coefficient (Wildman–Crippen LogP) is 2.68. The minimum atomic E-state index is -0.175. The van der Waals surface area contributed by atoms with Gasteiger partial charge in [-0.3, -0.25) is 9.69 Å². The predicted molar refractivity (Wildman–Crippen MR) is 124 cm³/mol. The molecule has 0 aliphatic carbocycles. The van der Waals surface area contributed by atoms with Crippen LogP contribution in [0.1, 0.15) is 6.92 Å². The van der Waals surface area contributed by atoms with Crippen molar-refractivity contribution in [3.63, 3.8) is 0 Å². The highest BCUT2D eigenvalue weighted by atomic mass is 16.5. The van der Waals surface area contributed by atoms with Crippen LogP contribution in [0.15, 0.2) is 48.5 Å². The SMILES string of the molecule is COc1cccc(N2CCN(C(C)C(=O)Nc3ccc(N4CCOCC4)cc3)CC2)c1. The number of anilines is 3. The Bertz CT molecular complexity index is 859. The van der Waals surface area contributed by atoms with Crippen molar-refractivity contribution in [2.75, 3.05) is 74.7 Å². The molecular formula is C24H32N4O3. The van der Waals surface area contributed by atoms with Gasteiger partial charge in [-0.25, -0.2) is 0 Å². The van der Waals surface area contributed by atoms with Gasteiger partial charge < -0.3 is 24.6 Å². The molecule has 4 rings (SSSR count). The van der Waals surface area contributed by atoms with Gasteiger partial charge in [0.1, 0.15) is 5.75 Å². The largest absolute Gasteiger partial charge is 0.497 e. The second kappa shape index (κ2) is 10.0. The lowest BCUT2D eigenvalue weighted by molar-refractivity contribution is -0.120. The van der Waals surface area contributed by atoms with Crippen LogP contribution in [0, 0.1) is 0 Å². The minimum Gasteiger partial charge on any atom is -0.497 e. The van der Waals surface area contributed by atoms with Crippen LogP contribution >= 0.6 is 0 Å². The molecule has 2 fully saturated rings. The van der Waals surface area contributed by atoms with Crippen LogP contribution in [-0.4, -0.2) is 76.4 Å². The molecule has 2 aliphatic heterocycles. The van der Waals surface area contributed by atoms with Crippen molar-refractivity contribution >= 4 is 23.0 Å². The molecule has 2 aromatic carbocycles. The summed E-state index contributed by atoms with van der Waals surface area (Å²) in [4.78, 5) is 19.7. The van der Waals surface area contributed by atoms with Gasteiger partial charge >= 0.3 is 0 Å². The first-order valence-corrected chi connectivity index (χ1v) is 11.0. The summed E-state index contributed by atoms with van der Waals surface area (Å²) in [5, 5.41) is 3.07. The van der Waals surface area contributed by atoms with Gasteiger partial charge in [-0.15, -0.1) is 0 Å². The summed E-state index contributed by atoms with van der Waals surface area (Å²) in [5.41, 5.74) is 3.17. The highest BCUT2D eigenvalue weighted by Crippen LogP contribution is 2.23. The fourth-order valence-corrected chi connectivity index (χ4v) is 4.16. The van der Waals surface area contributed by atoms with Crippen molar-refractivity contribution in [2.24, 2.45) is 0 Å². The molecule has 166 valence electrons. The second-order valence-corrected chi connectivity index (χ2v) is 8.04. The lowest BCUT2D eigenvalue weighted by Crippen LogP contribution is -2.52. The van der Waals surface area contributed by atoms with Crippen LogP contribution in [0.5, 0.6) is 5.75 Å².